The maximum Gasteiger partial charge on any atom is 0.446 e. The van der Waals surface area contributed by atoms with Crippen molar-refractivity contribution >= 4 is 40.6 Å². The summed E-state index contributed by atoms with van der Waals surface area (Å²) < 4.78 is 85.0. The highest BCUT2D eigenvalue weighted by molar-refractivity contribution is 8.00. The molecule has 0 radical (unpaired) electrons. The van der Waals surface area contributed by atoms with E-state index in [1.54, 1.807) is 24.3 Å². The Balaban J connectivity index is 1.17. The molecule has 9 heteroatoms. The van der Waals surface area contributed by atoms with Crippen molar-refractivity contribution in [1.29, 1.82) is 0 Å². The zero-order chi connectivity index (χ0) is 45.2. The van der Waals surface area contributed by atoms with Crippen molar-refractivity contribution in [2.75, 3.05) is 4.90 Å². The van der Waals surface area contributed by atoms with Gasteiger partial charge in [-0.2, -0.15) is 26.3 Å². The first-order chi connectivity index (χ1) is 32.0. The van der Waals surface area contributed by atoms with Gasteiger partial charge in [0.1, 0.15) is 0 Å². The molecule has 0 amide bonds. The van der Waals surface area contributed by atoms with Crippen LogP contribution in [0.1, 0.15) is 22.3 Å². The smallest absolute Gasteiger partial charge is 0.310 e. The van der Waals surface area contributed by atoms with Crippen molar-refractivity contribution in [3.63, 3.8) is 0 Å². The standard InChI is InChI=1S/C57H35F6NS2/c58-56(59,60)65-42-30-32-45-46-33-31-43(66-57(61,62)63)35-52(46)55(51(45)34-42)50-20-9-7-16-44(50)48-18-11-19-49(54(48)55)47-17-8-10-21-53(47)64(40-26-22-38(23-27-40)36-12-3-1-4-13-36)41-28-24-39(25-29-41)37-14-5-2-6-15-37/h1-35H. The maximum atomic E-state index is 14.2. The maximum absolute atomic E-state index is 14.2. The normalized spacial score (nSPS) is 13.2. The van der Waals surface area contributed by atoms with E-state index in [-0.39, 0.29) is 33.3 Å². The average Bonchev–Trinajstić information content (AvgIpc) is 3.78. The molecule has 0 saturated heterocycles. The van der Waals surface area contributed by atoms with Crippen molar-refractivity contribution in [3.8, 4) is 55.6 Å². The van der Waals surface area contributed by atoms with E-state index in [2.05, 4.69) is 83.8 Å². The SMILES string of the molecule is FC(F)(F)Sc1ccc2c(c1)C1(c3cc(SC(F)(F)F)ccc3-2)c2ccccc2-c2cccc(-c3ccccc3N(c3ccc(-c4ccccc4)cc3)c3ccc(-c4ccccc4)cc3)c21. The molecule has 0 unspecified atom stereocenters. The number of fused-ring (bicyclic) bond motifs is 10. The summed E-state index contributed by atoms with van der Waals surface area (Å²) >= 11 is -0.394. The number of hydrogen-bond donors (Lipinski definition) is 0. The lowest BCUT2D eigenvalue weighted by atomic mass is 9.68. The van der Waals surface area contributed by atoms with E-state index in [1.165, 1.54) is 12.1 Å². The molecule has 0 saturated carbocycles. The Kier molecular flexibility index (Phi) is 10.2. The van der Waals surface area contributed by atoms with E-state index in [9.17, 15) is 26.3 Å². The third kappa shape index (κ3) is 7.27. The van der Waals surface area contributed by atoms with Gasteiger partial charge < -0.3 is 4.90 Å². The second-order valence-electron chi connectivity index (χ2n) is 16.2. The molecule has 9 aromatic rings. The summed E-state index contributed by atoms with van der Waals surface area (Å²) in [6, 6.07) is 68.4. The van der Waals surface area contributed by atoms with Crippen LogP contribution in [0.4, 0.5) is 43.4 Å². The van der Waals surface area contributed by atoms with Crippen LogP contribution in [0.25, 0.3) is 55.6 Å². The van der Waals surface area contributed by atoms with Crippen LogP contribution < -0.4 is 4.90 Å². The van der Waals surface area contributed by atoms with Gasteiger partial charge in [-0.05, 0) is 150 Å². The molecule has 0 fully saturated rings. The molecular formula is C57H35F6NS2. The summed E-state index contributed by atoms with van der Waals surface area (Å²) in [5, 5.41) is 0. The lowest BCUT2D eigenvalue weighted by molar-refractivity contribution is -0.0337. The molecular weight excluding hydrogens is 877 g/mol. The molecule has 0 bridgehead atoms. The number of halogens is 6. The van der Waals surface area contributed by atoms with Crippen LogP contribution in [0.3, 0.4) is 0 Å². The second kappa shape index (κ2) is 16.2. The molecule has 1 spiro atoms. The zero-order valence-corrected chi connectivity index (χ0v) is 36.4. The van der Waals surface area contributed by atoms with Crippen LogP contribution >= 0.6 is 23.5 Å². The highest BCUT2D eigenvalue weighted by Crippen LogP contribution is 2.66. The Labute approximate surface area is 386 Å². The molecule has 0 atom stereocenters. The van der Waals surface area contributed by atoms with Gasteiger partial charge >= 0.3 is 11.0 Å². The Bertz CT molecular complexity index is 3130. The summed E-state index contributed by atoms with van der Waals surface area (Å²) in [7, 11) is 0. The molecule has 2 aliphatic rings. The molecule has 0 aliphatic heterocycles. The zero-order valence-electron chi connectivity index (χ0n) is 34.7. The van der Waals surface area contributed by atoms with Gasteiger partial charge in [0.25, 0.3) is 0 Å². The number of para-hydroxylation sites is 1. The fourth-order valence-corrected chi connectivity index (χ4v) is 11.2. The van der Waals surface area contributed by atoms with Gasteiger partial charge in [0.2, 0.25) is 0 Å². The predicted octanol–water partition coefficient (Wildman–Crippen LogP) is 17.7. The minimum Gasteiger partial charge on any atom is -0.310 e. The average molecular weight is 912 g/mol. The molecule has 322 valence electrons. The third-order valence-corrected chi connectivity index (χ3v) is 14.0. The molecule has 0 aromatic heterocycles. The highest BCUT2D eigenvalue weighted by atomic mass is 32.2. The predicted molar refractivity (Wildman–Crippen MR) is 258 cm³/mol. The van der Waals surface area contributed by atoms with E-state index in [0.29, 0.717) is 22.3 Å². The number of alkyl halides is 6. The number of anilines is 3. The van der Waals surface area contributed by atoms with Gasteiger partial charge in [0, 0.05) is 26.7 Å². The van der Waals surface area contributed by atoms with Crippen molar-refractivity contribution in [2.45, 2.75) is 26.2 Å². The minimum atomic E-state index is -4.57. The third-order valence-electron chi connectivity index (χ3n) is 12.5. The molecule has 9 aromatic carbocycles. The van der Waals surface area contributed by atoms with E-state index >= 15 is 0 Å². The number of rotatable bonds is 8. The first-order valence-corrected chi connectivity index (χ1v) is 22.8. The molecule has 66 heavy (non-hydrogen) atoms. The summed E-state index contributed by atoms with van der Waals surface area (Å²) in [6.45, 7) is 0. The summed E-state index contributed by atoms with van der Waals surface area (Å²) in [5.74, 6) is 0. The first-order valence-electron chi connectivity index (χ1n) is 21.2. The van der Waals surface area contributed by atoms with Gasteiger partial charge in [0.15, 0.2) is 0 Å². The fourth-order valence-electron chi connectivity index (χ4n) is 10.0. The molecule has 0 heterocycles. The van der Waals surface area contributed by atoms with Gasteiger partial charge in [-0.1, -0.05) is 158 Å². The van der Waals surface area contributed by atoms with Crippen LogP contribution in [0.5, 0.6) is 0 Å². The topological polar surface area (TPSA) is 3.24 Å². The van der Waals surface area contributed by atoms with Crippen LogP contribution in [-0.2, 0) is 5.41 Å². The fraction of sp³-hybridized carbons (Fsp3) is 0.0526. The molecule has 0 N–H and O–H groups in total. The number of thioether (sulfide) groups is 2. The second-order valence-corrected chi connectivity index (χ2v) is 18.5. The van der Waals surface area contributed by atoms with Crippen molar-refractivity contribution in [1.82, 2.24) is 0 Å². The Hall–Kier alpha value is -6.94. The van der Waals surface area contributed by atoms with E-state index in [4.69, 9.17) is 0 Å². The first kappa shape index (κ1) is 41.7. The lowest BCUT2D eigenvalue weighted by Crippen LogP contribution is -2.27. The van der Waals surface area contributed by atoms with Gasteiger partial charge in [-0.3, -0.25) is 0 Å². The Morgan fingerprint density at radius 2 is 0.727 bits per heavy atom. The molecule has 11 rings (SSSR count). The Morgan fingerprint density at radius 1 is 0.333 bits per heavy atom. The van der Waals surface area contributed by atoms with E-state index in [0.717, 1.165) is 72.7 Å². The van der Waals surface area contributed by atoms with E-state index in [1.807, 2.05) is 97.1 Å². The van der Waals surface area contributed by atoms with Crippen molar-refractivity contribution < 1.29 is 26.3 Å². The van der Waals surface area contributed by atoms with Gasteiger partial charge in [-0.15, -0.1) is 0 Å². The van der Waals surface area contributed by atoms with Crippen molar-refractivity contribution in [3.05, 3.63) is 235 Å². The Morgan fingerprint density at radius 3 is 1.23 bits per heavy atom. The number of benzene rings is 9. The van der Waals surface area contributed by atoms with Crippen LogP contribution in [0, 0.1) is 0 Å². The summed E-state index contributed by atoms with van der Waals surface area (Å²) in [5.41, 5.74) is 3.89. The van der Waals surface area contributed by atoms with Gasteiger partial charge in [-0.25, -0.2) is 0 Å². The van der Waals surface area contributed by atoms with Crippen LogP contribution in [-0.4, -0.2) is 11.0 Å². The number of nitrogens with zero attached hydrogens (tertiary/aromatic N) is 1. The summed E-state index contributed by atoms with van der Waals surface area (Å²) in [4.78, 5) is 2.19. The largest absolute Gasteiger partial charge is 0.446 e. The monoisotopic (exact) mass is 911 g/mol. The molecule has 1 nitrogen and oxygen atoms in total. The van der Waals surface area contributed by atoms with E-state index < -0.39 is 16.4 Å². The number of hydrogen-bond acceptors (Lipinski definition) is 3. The lowest BCUT2D eigenvalue weighted by Gasteiger charge is -2.34. The quantitative estimate of drug-likeness (QED) is 0.110. The molecule has 2 aliphatic carbocycles. The minimum absolute atomic E-state index is 0.00814. The van der Waals surface area contributed by atoms with Crippen molar-refractivity contribution in [2.24, 2.45) is 0 Å². The highest BCUT2D eigenvalue weighted by Gasteiger charge is 2.53. The van der Waals surface area contributed by atoms with Crippen LogP contribution in [0.2, 0.25) is 0 Å². The van der Waals surface area contributed by atoms with Gasteiger partial charge in [0.05, 0.1) is 11.1 Å². The summed E-state index contributed by atoms with van der Waals surface area (Å²) in [6.07, 6.45) is 0. The van der Waals surface area contributed by atoms with Crippen LogP contribution in [0.15, 0.2) is 222 Å².